The van der Waals surface area contributed by atoms with E-state index in [1.165, 1.54) is 31.3 Å². The maximum absolute atomic E-state index is 13.8. The molecule has 0 bridgehead atoms. The van der Waals surface area contributed by atoms with Crippen LogP contribution < -0.4 is 9.47 Å². The van der Waals surface area contributed by atoms with Crippen molar-refractivity contribution < 1.29 is 43.2 Å². The Morgan fingerprint density at radius 3 is 1.89 bits per heavy atom. The fourth-order valence-corrected chi connectivity index (χ4v) is 4.22. The van der Waals surface area contributed by atoms with Crippen LogP contribution in [0, 0.1) is 0 Å². The standard InChI is InChI=1S/C28H31NO9/c1-5-37-22(30)15-16-29-25(18-7-11-20(35-3)12-8-18)24(26(32)19-9-13-21(36-4)14-10-19)27(33)28(29,34)17-23(31)38-6-2/h7-14,34H,5-6,15-17H2,1-4H3. The van der Waals surface area contributed by atoms with Gasteiger partial charge in [0.15, 0.2) is 5.78 Å². The molecule has 10 heteroatoms. The van der Waals surface area contributed by atoms with Crippen LogP contribution in [0.1, 0.15) is 42.6 Å². The highest BCUT2D eigenvalue weighted by atomic mass is 16.5. The van der Waals surface area contributed by atoms with Crippen LogP contribution in [0.25, 0.3) is 5.70 Å². The van der Waals surface area contributed by atoms with Crippen LogP contribution in [0.5, 0.6) is 11.5 Å². The second-order valence-electron chi connectivity index (χ2n) is 8.34. The minimum absolute atomic E-state index is 0.0301. The van der Waals surface area contributed by atoms with E-state index in [1.807, 2.05) is 0 Å². The topological polar surface area (TPSA) is 129 Å². The van der Waals surface area contributed by atoms with E-state index in [-0.39, 0.29) is 43.0 Å². The van der Waals surface area contributed by atoms with Crippen LogP contribution in [-0.2, 0) is 23.9 Å². The predicted octanol–water partition coefficient (Wildman–Crippen LogP) is 2.78. The highest BCUT2D eigenvalue weighted by molar-refractivity contribution is 6.34. The first-order chi connectivity index (χ1) is 18.2. The minimum Gasteiger partial charge on any atom is -0.497 e. The van der Waals surface area contributed by atoms with Crippen LogP contribution >= 0.6 is 0 Å². The Labute approximate surface area is 220 Å². The smallest absolute Gasteiger partial charge is 0.311 e. The van der Waals surface area contributed by atoms with Gasteiger partial charge in [-0.05, 0) is 67.9 Å². The van der Waals surface area contributed by atoms with Gasteiger partial charge < -0.3 is 29.0 Å². The minimum atomic E-state index is -2.47. The Hall–Kier alpha value is -4.18. The molecule has 0 fully saturated rings. The van der Waals surface area contributed by atoms with E-state index >= 15 is 0 Å². The Kier molecular flexibility index (Phi) is 9.25. The van der Waals surface area contributed by atoms with Gasteiger partial charge in [-0.25, -0.2) is 0 Å². The first-order valence-corrected chi connectivity index (χ1v) is 12.1. The third kappa shape index (κ3) is 5.86. The predicted molar refractivity (Wildman–Crippen MR) is 136 cm³/mol. The summed E-state index contributed by atoms with van der Waals surface area (Å²) >= 11 is 0. The Bertz CT molecular complexity index is 1220. The summed E-state index contributed by atoms with van der Waals surface area (Å²) in [6.07, 6.45) is -0.961. The number of rotatable bonds is 12. The summed E-state index contributed by atoms with van der Waals surface area (Å²) in [4.78, 5) is 53.5. The lowest BCUT2D eigenvalue weighted by Gasteiger charge is -2.35. The lowest BCUT2D eigenvalue weighted by atomic mass is 9.93. The van der Waals surface area contributed by atoms with Crippen LogP contribution in [0.15, 0.2) is 54.1 Å². The number of ether oxygens (including phenoxy) is 4. The average Bonchev–Trinajstić information content (AvgIpc) is 3.13. The van der Waals surface area contributed by atoms with Gasteiger partial charge in [0.05, 0.1) is 45.1 Å². The molecule has 0 aliphatic carbocycles. The molecule has 0 radical (unpaired) electrons. The van der Waals surface area contributed by atoms with E-state index in [1.54, 1.807) is 50.2 Å². The maximum Gasteiger partial charge on any atom is 0.311 e. The molecule has 0 saturated carbocycles. The van der Waals surface area contributed by atoms with Gasteiger partial charge in [-0.15, -0.1) is 0 Å². The van der Waals surface area contributed by atoms with Gasteiger partial charge in [0.1, 0.15) is 17.9 Å². The number of carbonyl (C=O) groups excluding carboxylic acids is 4. The number of Topliss-reactive ketones (excluding diaryl/α,β-unsaturated/α-hetero) is 2. The molecule has 1 N–H and O–H groups in total. The van der Waals surface area contributed by atoms with Crippen molar-refractivity contribution in [3.05, 3.63) is 65.2 Å². The molecule has 1 aliphatic rings. The first-order valence-electron chi connectivity index (χ1n) is 12.1. The zero-order valence-corrected chi connectivity index (χ0v) is 21.8. The second-order valence-corrected chi connectivity index (χ2v) is 8.34. The van der Waals surface area contributed by atoms with Crippen molar-refractivity contribution in [1.82, 2.24) is 4.90 Å². The number of ketones is 2. The molecule has 0 aromatic heterocycles. The lowest BCUT2D eigenvalue weighted by Crippen LogP contribution is -2.52. The number of methoxy groups -OCH3 is 2. The Morgan fingerprint density at radius 2 is 1.37 bits per heavy atom. The number of aliphatic hydroxyl groups is 1. The Balaban J connectivity index is 2.20. The molecule has 1 unspecified atom stereocenters. The molecule has 0 amide bonds. The van der Waals surface area contributed by atoms with Crippen LogP contribution in [0.2, 0.25) is 0 Å². The van der Waals surface area contributed by atoms with Crippen molar-refractivity contribution in [2.75, 3.05) is 34.0 Å². The molecule has 2 aromatic carbocycles. The first kappa shape index (κ1) is 28.4. The summed E-state index contributed by atoms with van der Waals surface area (Å²) in [6.45, 7) is 3.22. The monoisotopic (exact) mass is 525 g/mol. The van der Waals surface area contributed by atoms with E-state index in [4.69, 9.17) is 18.9 Å². The normalized spacial score (nSPS) is 16.9. The van der Waals surface area contributed by atoms with E-state index < -0.39 is 35.7 Å². The van der Waals surface area contributed by atoms with Crippen LogP contribution in [-0.4, -0.2) is 73.2 Å². The molecular weight excluding hydrogens is 494 g/mol. The van der Waals surface area contributed by atoms with Crippen molar-refractivity contribution in [3.8, 4) is 11.5 Å². The zero-order chi connectivity index (χ0) is 27.9. The number of nitrogens with zero attached hydrogens (tertiary/aromatic N) is 1. The molecule has 0 spiro atoms. The van der Waals surface area contributed by atoms with Crippen molar-refractivity contribution in [2.24, 2.45) is 0 Å². The summed E-state index contributed by atoms with van der Waals surface area (Å²) < 4.78 is 20.4. The van der Waals surface area contributed by atoms with Gasteiger partial charge in [-0.2, -0.15) is 0 Å². The van der Waals surface area contributed by atoms with Gasteiger partial charge in [0, 0.05) is 12.1 Å². The third-order valence-corrected chi connectivity index (χ3v) is 6.03. The molecule has 1 heterocycles. The molecular formula is C28H31NO9. The van der Waals surface area contributed by atoms with Crippen LogP contribution in [0.4, 0.5) is 0 Å². The molecule has 10 nitrogen and oxygen atoms in total. The number of carbonyl (C=O) groups is 4. The number of hydrogen-bond donors (Lipinski definition) is 1. The van der Waals surface area contributed by atoms with E-state index in [0.717, 1.165) is 0 Å². The SMILES string of the molecule is CCOC(=O)CCN1C(c2ccc(OC)cc2)=C(C(=O)c2ccc(OC)cc2)C(=O)C1(O)CC(=O)OCC. The van der Waals surface area contributed by atoms with Gasteiger partial charge in [0.25, 0.3) is 0 Å². The fourth-order valence-electron chi connectivity index (χ4n) is 4.22. The van der Waals surface area contributed by atoms with Gasteiger partial charge in [-0.3, -0.25) is 19.2 Å². The fraction of sp³-hybridized carbons (Fsp3) is 0.357. The van der Waals surface area contributed by atoms with Crippen molar-refractivity contribution in [2.45, 2.75) is 32.4 Å². The molecule has 3 rings (SSSR count). The molecule has 0 saturated heterocycles. The molecule has 1 atom stereocenters. The summed E-state index contributed by atoms with van der Waals surface area (Å²) in [5, 5.41) is 11.7. The summed E-state index contributed by atoms with van der Waals surface area (Å²) in [7, 11) is 2.98. The highest BCUT2D eigenvalue weighted by Crippen LogP contribution is 2.42. The van der Waals surface area contributed by atoms with Crippen molar-refractivity contribution in [1.29, 1.82) is 0 Å². The second kappa shape index (κ2) is 12.4. The van der Waals surface area contributed by atoms with E-state index in [2.05, 4.69) is 0 Å². The van der Waals surface area contributed by atoms with Crippen molar-refractivity contribution >= 4 is 29.2 Å². The molecule has 2 aromatic rings. The quantitative estimate of drug-likeness (QED) is 0.251. The maximum atomic E-state index is 13.8. The van der Waals surface area contributed by atoms with Gasteiger partial charge >= 0.3 is 11.9 Å². The van der Waals surface area contributed by atoms with Crippen molar-refractivity contribution in [3.63, 3.8) is 0 Å². The number of esters is 2. The molecule has 38 heavy (non-hydrogen) atoms. The highest BCUT2D eigenvalue weighted by Gasteiger charge is 2.55. The zero-order valence-electron chi connectivity index (χ0n) is 21.8. The molecule has 1 aliphatic heterocycles. The lowest BCUT2D eigenvalue weighted by molar-refractivity contribution is -0.164. The van der Waals surface area contributed by atoms with E-state index in [9.17, 15) is 24.3 Å². The average molecular weight is 526 g/mol. The molecule has 202 valence electrons. The van der Waals surface area contributed by atoms with E-state index in [0.29, 0.717) is 17.1 Å². The van der Waals surface area contributed by atoms with Crippen LogP contribution in [0.3, 0.4) is 0 Å². The summed E-state index contributed by atoms with van der Waals surface area (Å²) in [6, 6.07) is 12.7. The third-order valence-electron chi connectivity index (χ3n) is 6.03. The van der Waals surface area contributed by atoms with Gasteiger partial charge in [-0.1, -0.05) is 0 Å². The summed E-state index contributed by atoms with van der Waals surface area (Å²) in [5.74, 6) is -2.00. The Morgan fingerprint density at radius 1 is 0.842 bits per heavy atom. The summed E-state index contributed by atoms with van der Waals surface area (Å²) in [5.41, 5.74) is -2.14. The number of hydrogen-bond acceptors (Lipinski definition) is 10. The van der Waals surface area contributed by atoms with Gasteiger partial charge in [0.2, 0.25) is 11.5 Å². The largest absolute Gasteiger partial charge is 0.497 e. The number of benzene rings is 2.